The number of hydrogen-bond acceptors (Lipinski definition) is 2. The number of carbonyl (C=O) groups is 1. The molecule has 1 amide bonds. The van der Waals surface area contributed by atoms with Crippen LogP contribution in [0.15, 0.2) is 5.10 Å². The molecule has 0 aromatic carbocycles. The number of carbonyl (C=O) groups excluding carboxylic acids is 1. The summed E-state index contributed by atoms with van der Waals surface area (Å²) in [7, 11) is 1.62. The third kappa shape index (κ3) is 1.83. The molecule has 0 aromatic heterocycles. The first-order chi connectivity index (χ1) is 3.72. The van der Waals surface area contributed by atoms with Crippen molar-refractivity contribution >= 4 is 12.1 Å². The largest absolute Gasteiger partial charge is 3.00 e. The van der Waals surface area contributed by atoms with Gasteiger partial charge in [0, 0.05) is 7.05 Å². The first-order valence-electron chi connectivity index (χ1n) is 2.45. The molecule has 1 aliphatic rings. The molecule has 0 aliphatic carbocycles. The Morgan fingerprint density at radius 3 is 2.44 bits per heavy atom. The van der Waals surface area contributed by atoms with E-state index >= 15 is 0 Å². The van der Waals surface area contributed by atoms with E-state index in [1.54, 1.807) is 14.0 Å². The van der Waals surface area contributed by atoms with Crippen molar-refractivity contribution in [3.05, 3.63) is 0 Å². The molecule has 0 spiro atoms. The molecule has 0 fully saturated rings. The van der Waals surface area contributed by atoms with E-state index in [4.69, 9.17) is 0 Å². The van der Waals surface area contributed by atoms with Gasteiger partial charge in [0.15, 0.2) is 0 Å². The monoisotopic (exact) mass is 200 g/mol. The van der Waals surface area contributed by atoms with Gasteiger partial charge in [-0.3, -0.25) is 9.80 Å². The van der Waals surface area contributed by atoms with Gasteiger partial charge in [0.25, 0.3) is 0 Å². The molecule has 4 heteroatoms. The Hall–Kier alpha value is 0.244. The van der Waals surface area contributed by atoms with Crippen LogP contribution in [-0.2, 0) is 37.5 Å². The molecule has 1 unspecified atom stereocenters. The van der Waals surface area contributed by atoms with Crippen LogP contribution >= 0.6 is 0 Å². The van der Waals surface area contributed by atoms with E-state index in [1.165, 1.54) is 5.01 Å². The van der Waals surface area contributed by atoms with E-state index in [0.717, 1.165) is 0 Å². The number of amides is 1. The first kappa shape index (κ1) is 9.24. The van der Waals surface area contributed by atoms with Crippen molar-refractivity contribution < 1.29 is 37.5 Å². The van der Waals surface area contributed by atoms with Crippen molar-refractivity contribution in [1.82, 2.24) is 5.01 Å². The van der Waals surface area contributed by atoms with Crippen molar-refractivity contribution in [3.8, 4) is 0 Å². The predicted octanol–water partition coefficient (Wildman–Crippen LogP) is -0.0452. The molecule has 0 radical (unpaired) electrons. The van der Waals surface area contributed by atoms with Gasteiger partial charge in [0.1, 0.15) is 0 Å². The molecule has 44 valence electrons. The number of hydrogen-bond donors (Lipinski definition) is 0. The minimum Gasteiger partial charge on any atom is -0.394 e. The second-order valence-electron chi connectivity index (χ2n) is 1.81. The maximum atomic E-state index is 10.7. The Labute approximate surface area is 79.4 Å². The van der Waals surface area contributed by atoms with Crippen molar-refractivity contribution in [2.75, 3.05) is 7.05 Å². The second-order valence-corrected chi connectivity index (χ2v) is 1.81. The van der Waals surface area contributed by atoms with Crippen LogP contribution in [0, 0.1) is 5.92 Å². The van der Waals surface area contributed by atoms with Crippen LogP contribution in [0.4, 0.5) is 0 Å². The van der Waals surface area contributed by atoms with E-state index in [9.17, 15) is 4.79 Å². The molecule has 0 saturated carbocycles. The molecular formula is C5H7N2OY+2. The molecule has 0 aromatic rings. The zero-order chi connectivity index (χ0) is 6.15. The topological polar surface area (TPSA) is 32.7 Å². The normalized spacial score (nSPS) is 24.4. The SMILES string of the molecule is CC1[C-]=NN(C)C1=O.[Y+3]. The van der Waals surface area contributed by atoms with Gasteiger partial charge in [-0.2, -0.15) is 0 Å². The van der Waals surface area contributed by atoms with Gasteiger partial charge in [-0.15, -0.1) is 0 Å². The third-order valence-electron chi connectivity index (χ3n) is 1.09. The molecule has 9 heavy (non-hydrogen) atoms. The van der Waals surface area contributed by atoms with Crippen LogP contribution in [0.25, 0.3) is 0 Å². The van der Waals surface area contributed by atoms with E-state index in [0.29, 0.717) is 0 Å². The third-order valence-corrected chi connectivity index (χ3v) is 1.09. The van der Waals surface area contributed by atoms with Gasteiger partial charge < -0.3 is 11.3 Å². The summed E-state index contributed by atoms with van der Waals surface area (Å²) >= 11 is 0. The summed E-state index contributed by atoms with van der Waals surface area (Å²) in [5.74, 6) is -0.120. The Balaban J connectivity index is 0.000000640. The van der Waals surface area contributed by atoms with Crippen LogP contribution in [0.2, 0.25) is 0 Å². The second kappa shape index (κ2) is 3.42. The van der Waals surface area contributed by atoms with Crippen LogP contribution in [0.1, 0.15) is 6.92 Å². The molecule has 0 bridgehead atoms. The van der Waals surface area contributed by atoms with Crippen LogP contribution in [0.5, 0.6) is 0 Å². The van der Waals surface area contributed by atoms with E-state index in [-0.39, 0.29) is 44.5 Å². The Morgan fingerprint density at radius 2 is 2.33 bits per heavy atom. The minimum absolute atomic E-state index is 0. The predicted molar refractivity (Wildman–Crippen MR) is 29.4 cm³/mol. The summed E-state index contributed by atoms with van der Waals surface area (Å²) in [4.78, 5) is 10.7. The molecule has 1 aliphatic heterocycles. The summed E-state index contributed by atoms with van der Waals surface area (Å²) < 4.78 is 0. The summed E-state index contributed by atoms with van der Waals surface area (Å²) in [5.41, 5.74) is 0. The molecular weight excluding hydrogens is 193 g/mol. The Bertz CT molecular complexity index is 132. The van der Waals surface area contributed by atoms with E-state index in [1.807, 2.05) is 0 Å². The fourth-order valence-corrected chi connectivity index (χ4v) is 0.558. The Morgan fingerprint density at radius 1 is 1.78 bits per heavy atom. The number of nitrogens with zero attached hydrogens (tertiary/aromatic N) is 2. The van der Waals surface area contributed by atoms with Crippen LogP contribution in [0.3, 0.4) is 0 Å². The summed E-state index contributed by atoms with van der Waals surface area (Å²) in [6.07, 6.45) is 2.62. The fraction of sp³-hybridized carbons (Fsp3) is 0.600. The molecule has 0 N–H and O–H groups in total. The molecule has 1 heterocycles. The summed E-state index contributed by atoms with van der Waals surface area (Å²) in [6, 6.07) is 0. The summed E-state index contributed by atoms with van der Waals surface area (Å²) in [5, 5.41) is 4.93. The van der Waals surface area contributed by atoms with Crippen molar-refractivity contribution in [2.45, 2.75) is 6.92 Å². The quantitative estimate of drug-likeness (QED) is 0.505. The van der Waals surface area contributed by atoms with Gasteiger partial charge in [-0.05, 0) is 0 Å². The van der Waals surface area contributed by atoms with Gasteiger partial charge in [0.05, 0.1) is 0 Å². The average Bonchev–Trinajstić information content (AvgIpc) is 1.98. The van der Waals surface area contributed by atoms with E-state index < -0.39 is 0 Å². The molecule has 1 rings (SSSR count). The van der Waals surface area contributed by atoms with Crippen molar-refractivity contribution in [1.29, 1.82) is 0 Å². The van der Waals surface area contributed by atoms with Crippen LogP contribution in [-0.4, -0.2) is 24.2 Å². The van der Waals surface area contributed by atoms with Crippen molar-refractivity contribution in [3.63, 3.8) is 0 Å². The molecule has 3 nitrogen and oxygen atoms in total. The Kier molecular flexibility index (Phi) is 3.51. The smallest absolute Gasteiger partial charge is 0.394 e. The summed E-state index contributed by atoms with van der Waals surface area (Å²) in [6.45, 7) is 1.77. The van der Waals surface area contributed by atoms with Crippen LogP contribution < -0.4 is 0 Å². The maximum Gasteiger partial charge on any atom is 3.00 e. The minimum atomic E-state index is -0.139. The van der Waals surface area contributed by atoms with Gasteiger partial charge in [-0.1, -0.05) is 12.8 Å². The zero-order valence-electron chi connectivity index (χ0n) is 5.46. The van der Waals surface area contributed by atoms with Crippen molar-refractivity contribution in [2.24, 2.45) is 11.0 Å². The van der Waals surface area contributed by atoms with E-state index in [2.05, 4.69) is 11.3 Å². The van der Waals surface area contributed by atoms with Gasteiger partial charge in [0.2, 0.25) is 5.91 Å². The van der Waals surface area contributed by atoms with Gasteiger partial charge >= 0.3 is 32.7 Å². The standard InChI is InChI=1S/C5H7N2O.Y/c1-4-3-6-7(2)5(4)8;/h4H,1-2H3;/q-1;+3. The average molecular weight is 200 g/mol. The molecule has 1 atom stereocenters. The fourth-order valence-electron chi connectivity index (χ4n) is 0.558. The zero-order valence-corrected chi connectivity index (χ0v) is 8.30. The van der Waals surface area contributed by atoms with Gasteiger partial charge in [-0.25, -0.2) is 0 Å². The first-order valence-corrected chi connectivity index (χ1v) is 2.45. The molecule has 0 saturated heterocycles. The number of rotatable bonds is 0. The maximum absolute atomic E-state index is 10.7. The number of hydrazone groups is 1.